The summed E-state index contributed by atoms with van der Waals surface area (Å²) in [6, 6.07) is 6.40. The molecule has 4 heterocycles. The molecule has 0 aromatic heterocycles. The number of esters is 2. The van der Waals surface area contributed by atoms with Crippen molar-refractivity contribution in [3.05, 3.63) is 117 Å². The second kappa shape index (κ2) is 38.3. The van der Waals surface area contributed by atoms with Gasteiger partial charge >= 0.3 is 11.9 Å². The fraction of sp³-hybridized carbons (Fsp3) is 0.565. The first-order valence-corrected chi connectivity index (χ1v) is 29.2. The van der Waals surface area contributed by atoms with Crippen LogP contribution in [0.4, 0.5) is 0 Å². The molecule has 0 bridgehead atoms. The van der Waals surface area contributed by atoms with Gasteiger partial charge in [-0.15, -0.1) is 0 Å². The number of phenolic OH excluding ortho intramolecular Hbond substituents is 2. The van der Waals surface area contributed by atoms with Gasteiger partial charge in [-0.2, -0.15) is 0 Å². The molecule has 454 valence electrons. The average Bonchev–Trinajstić information content (AvgIpc) is 3.66. The molecule has 0 unspecified atom stereocenters. The molecule has 2 aromatic carbocycles. The summed E-state index contributed by atoms with van der Waals surface area (Å²) in [6.45, 7) is 17.3. The number of carbonyl (C=O) groups is 5. The van der Waals surface area contributed by atoms with Crippen LogP contribution in [0, 0.1) is 13.8 Å². The number of benzene rings is 2. The predicted octanol–water partition coefficient (Wildman–Crippen LogP) is 10.2. The summed E-state index contributed by atoms with van der Waals surface area (Å²) >= 11 is 0. The maximum absolute atomic E-state index is 13.3. The van der Waals surface area contributed by atoms with Crippen LogP contribution in [0.2, 0.25) is 0 Å². The topological polar surface area (TPSA) is 273 Å². The highest BCUT2D eigenvalue weighted by Gasteiger charge is 2.25. The van der Waals surface area contributed by atoms with E-state index in [1.165, 1.54) is 13.0 Å². The first-order valence-electron chi connectivity index (χ1n) is 29.2. The number of oxime groups is 2. The maximum atomic E-state index is 13.3. The number of allylic oxidation sites excluding steroid dienone is 2. The number of piperidine rings is 2. The molecule has 2 fully saturated rings. The van der Waals surface area contributed by atoms with Crippen molar-refractivity contribution in [3.63, 3.8) is 0 Å². The normalized spacial score (nSPS) is 22.3. The molecular weight excluding hydrogens is 1060 g/mol. The second-order valence-electron chi connectivity index (χ2n) is 20.6. The number of phenols is 2. The molecule has 21 heteroatoms. The number of amides is 3. The molecule has 4 aliphatic heterocycles. The Labute approximate surface area is 489 Å². The SMILES string of the molecule is CC.CC(=O)NCCCO[C@@H]1/C=C/C[C@@H](C)OC(=O)c2c(O)cc(O)cc2CC(=NOCC(=O)N2CCCCC2)/C=C/C1.Cc1cc(C)c2c(c1)CC(=NOCC(=O)N1CCCCC1)/C=C/C[C@H](OCCCN=[N+]=[N-])/C=C/C[C@@H](C)OC2=O. The van der Waals surface area contributed by atoms with E-state index in [4.69, 9.17) is 34.2 Å². The molecule has 6 rings (SSSR count). The van der Waals surface area contributed by atoms with E-state index in [9.17, 15) is 34.2 Å². The van der Waals surface area contributed by atoms with Gasteiger partial charge in [0.25, 0.3) is 11.8 Å². The van der Waals surface area contributed by atoms with Crippen molar-refractivity contribution >= 4 is 41.1 Å². The minimum Gasteiger partial charge on any atom is -0.508 e. The first kappa shape index (κ1) is 68.0. The molecule has 4 aliphatic rings. The lowest BCUT2D eigenvalue weighted by atomic mass is 9.95. The Morgan fingerprint density at radius 2 is 1.18 bits per heavy atom. The number of cyclic esters (lactones) is 2. The van der Waals surface area contributed by atoms with Gasteiger partial charge in [0.05, 0.1) is 29.2 Å². The number of rotatable bonds is 16. The van der Waals surface area contributed by atoms with Crippen molar-refractivity contribution in [3.8, 4) is 11.5 Å². The summed E-state index contributed by atoms with van der Waals surface area (Å²) < 4.78 is 23.4. The lowest BCUT2D eigenvalue weighted by Crippen LogP contribution is -2.37. The fourth-order valence-electron chi connectivity index (χ4n) is 9.47. The average molecular weight is 1150 g/mol. The van der Waals surface area contributed by atoms with E-state index in [2.05, 4.69) is 25.7 Å². The van der Waals surface area contributed by atoms with Gasteiger partial charge in [0.15, 0.2) is 13.2 Å². The van der Waals surface area contributed by atoms with Crippen LogP contribution in [0.15, 0.2) is 88.3 Å². The van der Waals surface area contributed by atoms with Crippen molar-refractivity contribution in [1.29, 1.82) is 0 Å². The lowest BCUT2D eigenvalue weighted by molar-refractivity contribution is -0.137. The van der Waals surface area contributed by atoms with Gasteiger partial charge in [0.1, 0.15) is 29.3 Å². The van der Waals surface area contributed by atoms with E-state index in [1.54, 1.807) is 17.9 Å². The smallest absolute Gasteiger partial charge is 0.342 e. The van der Waals surface area contributed by atoms with E-state index in [0.717, 1.165) is 74.4 Å². The van der Waals surface area contributed by atoms with E-state index in [1.807, 2.05) is 94.2 Å². The van der Waals surface area contributed by atoms with Crippen LogP contribution in [0.25, 0.3) is 10.4 Å². The van der Waals surface area contributed by atoms with Crippen LogP contribution in [0.3, 0.4) is 0 Å². The molecule has 0 spiro atoms. The first-order chi connectivity index (χ1) is 40.1. The van der Waals surface area contributed by atoms with Crippen molar-refractivity contribution in [2.75, 3.05) is 65.7 Å². The summed E-state index contributed by atoms with van der Waals surface area (Å²) in [5, 5.41) is 35.5. The zero-order valence-electron chi connectivity index (χ0n) is 49.7. The molecule has 21 nitrogen and oxygen atoms in total. The van der Waals surface area contributed by atoms with Gasteiger partial charge in [-0.1, -0.05) is 83.4 Å². The standard InChI is InChI=1S/C30H41N5O5.C30H41N3O8.C2H6/c1-22-18-23(2)29-25(19-22)20-26(33-39-21-28(36)35-15-5-4-6-16-35)11-8-13-27(38-17-9-14-32-34-31)12-7-10-24(3)40-30(29)37;1-21-9-6-11-26(39-16-8-13-31-22(2)34)12-7-10-24(32-40-20-28(37)33-14-4-3-5-15-33)17-23-18-25(35)19-27(36)29(23)30(38)41-21;1-2/h7-8,11-12,18-19,24,27H,4-6,9-10,13-17,20-21H2,1-3H3;6-7,10-11,18-19,21,26,35-36H,3-5,8-9,12-17,20H2,1-2H3,(H,31,34);1-2H3/b11-8+,12-7+,33-26?;10-7+,11-6+,32-24?;/t24-,27-;21-,26-;/m11./s1. The van der Waals surface area contributed by atoms with Crippen LogP contribution in [0.5, 0.6) is 11.5 Å². The Kier molecular flexibility index (Phi) is 31.4. The number of hydrogen-bond donors (Lipinski definition) is 3. The minimum absolute atomic E-state index is 0.0211. The van der Waals surface area contributed by atoms with Gasteiger partial charge in [-0.3, -0.25) is 14.4 Å². The molecule has 0 radical (unpaired) electrons. The lowest BCUT2D eigenvalue weighted by Gasteiger charge is -2.26. The number of nitrogens with zero attached hydrogens (tertiary/aromatic N) is 7. The monoisotopic (exact) mass is 1150 g/mol. The van der Waals surface area contributed by atoms with Gasteiger partial charge in [0, 0.05) is 96.1 Å². The highest BCUT2D eigenvalue weighted by Crippen LogP contribution is 2.30. The third kappa shape index (κ3) is 25.7. The number of aromatic hydroxyl groups is 2. The molecule has 0 saturated carbocycles. The minimum atomic E-state index is -0.731. The second-order valence-corrected chi connectivity index (χ2v) is 20.6. The number of azide groups is 1. The summed E-state index contributed by atoms with van der Waals surface area (Å²) in [7, 11) is 0. The van der Waals surface area contributed by atoms with Gasteiger partial charge in [-0.25, -0.2) is 9.59 Å². The molecule has 4 atom stereocenters. The number of ether oxygens (including phenoxy) is 4. The van der Waals surface area contributed by atoms with Gasteiger partial charge in [-0.05, 0) is 132 Å². The quantitative estimate of drug-likeness (QED) is 0.0269. The Hall–Kier alpha value is -7.48. The molecule has 2 aromatic rings. The van der Waals surface area contributed by atoms with Crippen LogP contribution >= 0.6 is 0 Å². The number of carbonyl (C=O) groups excluding carboxylic acids is 5. The van der Waals surface area contributed by atoms with Crippen molar-refractivity contribution < 1.29 is 62.8 Å². The fourth-order valence-corrected chi connectivity index (χ4v) is 9.47. The van der Waals surface area contributed by atoms with E-state index in [-0.39, 0.29) is 73.0 Å². The number of hydrogen-bond acceptors (Lipinski definition) is 16. The third-order valence-electron chi connectivity index (χ3n) is 13.5. The predicted molar refractivity (Wildman–Crippen MR) is 318 cm³/mol. The Bertz CT molecular complexity index is 2650. The number of nitrogens with one attached hydrogen (secondary N) is 1. The third-order valence-corrected chi connectivity index (χ3v) is 13.5. The molecular formula is C62H88N8O13. The van der Waals surface area contributed by atoms with Gasteiger partial charge in [0.2, 0.25) is 5.91 Å². The van der Waals surface area contributed by atoms with E-state index < -0.39 is 17.8 Å². The number of fused-ring (bicyclic) bond motifs is 2. The zero-order chi connectivity index (χ0) is 60.4. The van der Waals surface area contributed by atoms with Crippen LogP contribution in [-0.2, 0) is 55.8 Å². The Balaban J connectivity index is 0.000000346. The summed E-state index contributed by atoms with van der Waals surface area (Å²) in [5.74, 6) is -2.04. The molecule has 83 heavy (non-hydrogen) atoms. The summed E-state index contributed by atoms with van der Waals surface area (Å²) in [6.07, 6.45) is 23.7. The van der Waals surface area contributed by atoms with E-state index in [0.29, 0.717) is 107 Å². The van der Waals surface area contributed by atoms with Gasteiger partial charge < -0.3 is 54.0 Å². The van der Waals surface area contributed by atoms with E-state index >= 15 is 0 Å². The highest BCUT2D eigenvalue weighted by atomic mass is 16.6. The van der Waals surface area contributed by atoms with Crippen molar-refractivity contribution in [2.24, 2.45) is 15.4 Å². The molecule has 3 N–H and O–H groups in total. The number of aryl methyl sites for hydroxylation is 2. The molecule has 3 amide bonds. The number of likely N-dealkylation sites (tertiary alicyclic amines) is 2. The molecule has 2 saturated heterocycles. The van der Waals surface area contributed by atoms with Crippen LogP contribution in [-0.4, -0.2) is 151 Å². The molecule has 0 aliphatic carbocycles. The van der Waals surface area contributed by atoms with Crippen molar-refractivity contribution in [2.45, 2.75) is 163 Å². The zero-order valence-corrected chi connectivity index (χ0v) is 49.7. The highest BCUT2D eigenvalue weighted by molar-refractivity contribution is 6.01. The van der Waals surface area contributed by atoms with Crippen molar-refractivity contribution in [1.82, 2.24) is 15.1 Å². The Morgan fingerprint density at radius 3 is 1.69 bits per heavy atom. The summed E-state index contributed by atoms with van der Waals surface area (Å²) in [4.78, 5) is 79.9. The largest absolute Gasteiger partial charge is 0.508 e. The van der Waals surface area contributed by atoms with Crippen LogP contribution in [0.1, 0.15) is 155 Å². The van der Waals surface area contributed by atoms with Crippen LogP contribution < -0.4 is 5.32 Å². The summed E-state index contributed by atoms with van der Waals surface area (Å²) in [5.41, 5.74) is 12.9. The maximum Gasteiger partial charge on any atom is 0.342 e. The Morgan fingerprint density at radius 1 is 0.687 bits per heavy atom.